The monoisotopic (exact) mass is 331 g/mol. The van der Waals surface area contributed by atoms with Gasteiger partial charge in [0.15, 0.2) is 11.6 Å². The van der Waals surface area contributed by atoms with Gasteiger partial charge in [-0.05, 0) is 36.4 Å². The van der Waals surface area contributed by atoms with Gasteiger partial charge < -0.3 is 14.5 Å². The van der Waals surface area contributed by atoms with E-state index in [1.807, 2.05) is 0 Å². The molecule has 0 fully saturated rings. The first-order valence-electron chi connectivity index (χ1n) is 6.81. The van der Waals surface area contributed by atoms with Crippen molar-refractivity contribution in [3.63, 3.8) is 0 Å². The smallest absolute Gasteiger partial charge is 0.313 e. The summed E-state index contributed by atoms with van der Waals surface area (Å²) in [5.74, 6) is -2.30. The summed E-state index contributed by atoms with van der Waals surface area (Å²) in [7, 11) is 1.54. The second-order valence-electron chi connectivity index (χ2n) is 4.72. The number of nitrogens with zero attached hydrogens (tertiary/aromatic N) is 2. The van der Waals surface area contributed by atoms with Gasteiger partial charge in [-0.3, -0.25) is 4.79 Å². The summed E-state index contributed by atoms with van der Waals surface area (Å²) in [6.07, 6.45) is 0. The maximum absolute atomic E-state index is 13.1. The minimum atomic E-state index is -1.07. The zero-order chi connectivity index (χ0) is 17.1. The van der Waals surface area contributed by atoms with E-state index in [4.69, 9.17) is 9.15 Å². The van der Waals surface area contributed by atoms with Gasteiger partial charge in [0, 0.05) is 17.3 Å². The molecule has 0 aliphatic rings. The highest BCUT2D eigenvalue weighted by molar-refractivity contribution is 6.00. The van der Waals surface area contributed by atoms with Crippen molar-refractivity contribution in [2.24, 2.45) is 0 Å². The standard InChI is InChI=1S/C16H11F2N3O3/c1-23-11-5-2-9(3-6-11)15-20-21-16(24-15)14(22)19-10-4-7-12(17)13(18)8-10/h2-8H,1H3,(H,19,22). The van der Waals surface area contributed by atoms with Crippen molar-refractivity contribution in [3.8, 4) is 17.2 Å². The van der Waals surface area contributed by atoms with Gasteiger partial charge >= 0.3 is 11.8 Å². The Morgan fingerprint density at radius 1 is 1.08 bits per heavy atom. The zero-order valence-corrected chi connectivity index (χ0v) is 12.4. The molecule has 0 radical (unpaired) electrons. The molecule has 0 bridgehead atoms. The number of carbonyl (C=O) groups is 1. The van der Waals surface area contributed by atoms with Gasteiger partial charge in [-0.1, -0.05) is 0 Å². The lowest BCUT2D eigenvalue weighted by Crippen LogP contribution is -2.12. The fourth-order valence-electron chi connectivity index (χ4n) is 1.92. The van der Waals surface area contributed by atoms with Crippen LogP contribution < -0.4 is 10.1 Å². The summed E-state index contributed by atoms with van der Waals surface area (Å²) in [6, 6.07) is 9.79. The molecule has 0 spiro atoms. The number of anilines is 1. The number of halogens is 2. The highest BCUT2D eigenvalue weighted by Crippen LogP contribution is 2.21. The van der Waals surface area contributed by atoms with E-state index < -0.39 is 17.5 Å². The fourth-order valence-corrected chi connectivity index (χ4v) is 1.92. The van der Waals surface area contributed by atoms with Crippen LogP contribution in [-0.4, -0.2) is 23.2 Å². The van der Waals surface area contributed by atoms with E-state index in [9.17, 15) is 13.6 Å². The van der Waals surface area contributed by atoms with Crippen LogP contribution in [0, 0.1) is 11.6 Å². The Kier molecular flexibility index (Phi) is 4.19. The van der Waals surface area contributed by atoms with E-state index in [2.05, 4.69) is 15.5 Å². The molecule has 0 aliphatic heterocycles. The lowest BCUT2D eigenvalue weighted by Gasteiger charge is -2.02. The minimum absolute atomic E-state index is 0.0723. The number of nitrogens with one attached hydrogen (secondary N) is 1. The normalized spacial score (nSPS) is 10.5. The van der Waals surface area contributed by atoms with E-state index in [1.165, 1.54) is 6.07 Å². The van der Waals surface area contributed by atoms with Gasteiger partial charge in [-0.2, -0.15) is 0 Å². The SMILES string of the molecule is COc1ccc(-c2nnc(C(=O)Nc3ccc(F)c(F)c3)o2)cc1. The van der Waals surface area contributed by atoms with Crippen LogP contribution in [-0.2, 0) is 0 Å². The van der Waals surface area contributed by atoms with Crippen LogP contribution in [0.4, 0.5) is 14.5 Å². The summed E-state index contributed by atoms with van der Waals surface area (Å²) in [4.78, 5) is 12.0. The maximum atomic E-state index is 13.1. The van der Waals surface area contributed by atoms with Crippen LogP contribution in [0.25, 0.3) is 11.5 Å². The summed E-state index contributed by atoms with van der Waals surface area (Å²) < 4.78 is 36.3. The predicted molar refractivity (Wildman–Crippen MR) is 80.6 cm³/mol. The quantitative estimate of drug-likeness (QED) is 0.794. The zero-order valence-electron chi connectivity index (χ0n) is 12.4. The second kappa shape index (κ2) is 6.45. The number of methoxy groups -OCH3 is 1. The van der Waals surface area contributed by atoms with Crippen molar-refractivity contribution >= 4 is 11.6 Å². The van der Waals surface area contributed by atoms with Crippen molar-refractivity contribution in [2.75, 3.05) is 12.4 Å². The molecular formula is C16H11F2N3O3. The lowest BCUT2D eigenvalue weighted by molar-refractivity contribution is 0.0991. The van der Waals surface area contributed by atoms with E-state index in [1.54, 1.807) is 31.4 Å². The number of carbonyl (C=O) groups excluding carboxylic acids is 1. The first-order chi connectivity index (χ1) is 11.6. The van der Waals surface area contributed by atoms with E-state index in [0.29, 0.717) is 11.3 Å². The number of aromatic nitrogens is 2. The molecule has 0 aliphatic carbocycles. The molecule has 0 unspecified atom stereocenters. The highest BCUT2D eigenvalue weighted by Gasteiger charge is 2.16. The first kappa shape index (κ1) is 15.6. The Hall–Kier alpha value is -3.29. The molecule has 1 N–H and O–H groups in total. The molecule has 0 saturated heterocycles. The molecule has 24 heavy (non-hydrogen) atoms. The van der Waals surface area contributed by atoms with Gasteiger partial charge in [0.05, 0.1) is 7.11 Å². The van der Waals surface area contributed by atoms with E-state index in [0.717, 1.165) is 12.1 Å². The van der Waals surface area contributed by atoms with Crippen molar-refractivity contribution in [1.29, 1.82) is 0 Å². The topological polar surface area (TPSA) is 77.2 Å². The molecule has 0 atom stereocenters. The molecule has 1 aromatic heterocycles. The highest BCUT2D eigenvalue weighted by atomic mass is 19.2. The van der Waals surface area contributed by atoms with Gasteiger partial charge in [0.25, 0.3) is 0 Å². The third-order valence-corrected chi connectivity index (χ3v) is 3.13. The Morgan fingerprint density at radius 2 is 1.83 bits per heavy atom. The molecule has 1 heterocycles. The van der Waals surface area contributed by atoms with Crippen LogP contribution in [0.2, 0.25) is 0 Å². The number of rotatable bonds is 4. The van der Waals surface area contributed by atoms with Crippen molar-refractivity contribution in [1.82, 2.24) is 10.2 Å². The van der Waals surface area contributed by atoms with E-state index in [-0.39, 0.29) is 17.5 Å². The maximum Gasteiger partial charge on any atom is 0.313 e. The number of hydrogen-bond acceptors (Lipinski definition) is 5. The number of benzene rings is 2. The Bertz CT molecular complexity index is 879. The molecule has 122 valence electrons. The largest absolute Gasteiger partial charge is 0.497 e. The molecule has 6 nitrogen and oxygen atoms in total. The minimum Gasteiger partial charge on any atom is -0.497 e. The molecule has 2 aromatic carbocycles. The van der Waals surface area contributed by atoms with Crippen LogP contribution in [0.1, 0.15) is 10.7 Å². The lowest BCUT2D eigenvalue weighted by atomic mass is 10.2. The van der Waals surface area contributed by atoms with Crippen molar-refractivity contribution in [2.45, 2.75) is 0 Å². The van der Waals surface area contributed by atoms with Gasteiger partial charge in [-0.25, -0.2) is 8.78 Å². The Labute approximate surface area is 135 Å². The summed E-state index contributed by atoms with van der Waals surface area (Å²) in [5.41, 5.74) is 0.679. The van der Waals surface area contributed by atoms with Crippen LogP contribution in [0.3, 0.4) is 0 Å². The van der Waals surface area contributed by atoms with Crippen LogP contribution >= 0.6 is 0 Å². The average molecular weight is 331 g/mol. The summed E-state index contributed by atoms with van der Waals surface area (Å²) in [5, 5.41) is 9.77. The fraction of sp³-hybridized carbons (Fsp3) is 0.0625. The van der Waals surface area contributed by atoms with Crippen molar-refractivity contribution in [3.05, 3.63) is 60.0 Å². The van der Waals surface area contributed by atoms with E-state index >= 15 is 0 Å². The van der Waals surface area contributed by atoms with Gasteiger partial charge in [0.2, 0.25) is 5.89 Å². The summed E-state index contributed by atoms with van der Waals surface area (Å²) in [6.45, 7) is 0. The molecule has 0 saturated carbocycles. The molecule has 8 heteroatoms. The van der Waals surface area contributed by atoms with Crippen LogP contribution in [0.15, 0.2) is 46.9 Å². The Balaban J connectivity index is 1.76. The van der Waals surface area contributed by atoms with Crippen molar-refractivity contribution < 1.29 is 22.7 Å². The number of amides is 1. The average Bonchev–Trinajstić information content (AvgIpc) is 3.08. The molecule has 3 aromatic rings. The Morgan fingerprint density at radius 3 is 2.50 bits per heavy atom. The number of hydrogen-bond donors (Lipinski definition) is 1. The predicted octanol–water partition coefficient (Wildman–Crippen LogP) is 3.28. The molecule has 1 amide bonds. The summed E-state index contributed by atoms with van der Waals surface area (Å²) >= 11 is 0. The van der Waals surface area contributed by atoms with Gasteiger partial charge in [-0.15, -0.1) is 10.2 Å². The molecule has 3 rings (SSSR count). The molecular weight excluding hydrogens is 320 g/mol. The third kappa shape index (κ3) is 3.22. The van der Waals surface area contributed by atoms with Crippen LogP contribution in [0.5, 0.6) is 5.75 Å². The second-order valence-corrected chi connectivity index (χ2v) is 4.72. The van der Waals surface area contributed by atoms with Gasteiger partial charge in [0.1, 0.15) is 5.75 Å². The number of ether oxygens (including phenoxy) is 1. The first-order valence-corrected chi connectivity index (χ1v) is 6.81. The third-order valence-electron chi connectivity index (χ3n) is 3.13.